The van der Waals surface area contributed by atoms with Gasteiger partial charge in [0.15, 0.2) is 5.76 Å². The molecular weight excluding hydrogens is 378 g/mol. The van der Waals surface area contributed by atoms with Gasteiger partial charge in [-0.15, -0.1) is 0 Å². The molecule has 0 amide bonds. The molecule has 4 aromatic carbocycles. The third-order valence-corrected chi connectivity index (χ3v) is 5.21. The van der Waals surface area contributed by atoms with Crippen molar-refractivity contribution in [2.45, 2.75) is 0 Å². The largest absolute Gasteiger partial charge is 0.436 e. The minimum Gasteiger partial charge on any atom is -0.436 e. The summed E-state index contributed by atoms with van der Waals surface area (Å²) in [5.74, 6) is 1.41. The first-order valence-electron chi connectivity index (χ1n) is 10.3. The SMILES string of the molecule is C(=C\c1ccc(-c2ncc(-c3ccccc3)o2)cc1)/c1ccc(-c2ccccc2)cc1. The van der Waals surface area contributed by atoms with E-state index in [-0.39, 0.29) is 0 Å². The van der Waals surface area contributed by atoms with Gasteiger partial charge in [-0.2, -0.15) is 0 Å². The van der Waals surface area contributed by atoms with Crippen molar-refractivity contribution in [3.8, 4) is 33.9 Å². The van der Waals surface area contributed by atoms with E-state index in [0.717, 1.165) is 22.5 Å². The van der Waals surface area contributed by atoms with Gasteiger partial charge in [0.05, 0.1) is 6.20 Å². The molecule has 5 rings (SSSR count). The molecule has 5 aromatic rings. The Morgan fingerprint density at radius 3 is 1.55 bits per heavy atom. The Hall–Kier alpha value is -4.17. The van der Waals surface area contributed by atoms with Crippen LogP contribution in [-0.2, 0) is 0 Å². The maximum absolute atomic E-state index is 5.94. The first-order valence-corrected chi connectivity index (χ1v) is 10.3. The molecular formula is C29H21NO. The van der Waals surface area contributed by atoms with Crippen LogP contribution in [0.1, 0.15) is 11.1 Å². The van der Waals surface area contributed by atoms with Crippen molar-refractivity contribution >= 4 is 12.2 Å². The van der Waals surface area contributed by atoms with Crippen LogP contribution in [0.4, 0.5) is 0 Å². The molecule has 2 heteroatoms. The zero-order valence-electron chi connectivity index (χ0n) is 17.0. The van der Waals surface area contributed by atoms with Crippen LogP contribution in [-0.4, -0.2) is 4.98 Å². The van der Waals surface area contributed by atoms with Gasteiger partial charge in [0, 0.05) is 11.1 Å². The van der Waals surface area contributed by atoms with E-state index in [1.165, 1.54) is 16.7 Å². The molecule has 148 valence electrons. The number of nitrogens with zero attached hydrogens (tertiary/aromatic N) is 1. The monoisotopic (exact) mass is 399 g/mol. The third-order valence-electron chi connectivity index (χ3n) is 5.21. The Balaban J connectivity index is 1.28. The molecule has 1 aromatic heterocycles. The highest BCUT2D eigenvalue weighted by Gasteiger charge is 2.08. The van der Waals surface area contributed by atoms with Crippen LogP contribution in [0.15, 0.2) is 120 Å². The predicted octanol–water partition coefficient (Wildman–Crippen LogP) is 7.85. The van der Waals surface area contributed by atoms with Crippen LogP contribution in [0.5, 0.6) is 0 Å². The Labute approximate surface area is 182 Å². The molecule has 0 spiro atoms. The zero-order valence-corrected chi connectivity index (χ0v) is 17.0. The van der Waals surface area contributed by atoms with E-state index in [1.807, 2.05) is 48.5 Å². The van der Waals surface area contributed by atoms with E-state index in [4.69, 9.17) is 4.42 Å². The summed E-state index contributed by atoms with van der Waals surface area (Å²) in [4.78, 5) is 4.43. The normalized spacial score (nSPS) is 11.1. The van der Waals surface area contributed by atoms with Crippen molar-refractivity contribution in [3.05, 3.63) is 127 Å². The molecule has 0 atom stereocenters. The number of oxazole rings is 1. The number of rotatable bonds is 5. The predicted molar refractivity (Wildman–Crippen MR) is 128 cm³/mol. The van der Waals surface area contributed by atoms with Crippen LogP contribution in [0.3, 0.4) is 0 Å². The lowest BCUT2D eigenvalue weighted by atomic mass is 10.0. The number of benzene rings is 4. The molecule has 1 heterocycles. The molecule has 2 nitrogen and oxygen atoms in total. The third kappa shape index (κ3) is 4.39. The van der Waals surface area contributed by atoms with Gasteiger partial charge in [-0.1, -0.05) is 109 Å². The summed E-state index contributed by atoms with van der Waals surface area (Å²) >= 11 is 0. The Kier molecular flexibility index (Phi) is 5.27. The highest BCUT2D eigenvalue weighted by atomic mass is 16.4. The maximum atomic E-state index is 5.94. The molecule has 0 bridgehead atoms. The molecule has 0 radical (unpaired) electrons. The number of hydrogen-bond acceptors (Lipinski definition) is 2. The summed E-state index contributed by atoms with van der Waals surface area (Å²) in [5, 5.41) is 0. The van der Waals surface area contributed by atoms with Gasteiger partial charge in [-0.3, -0.25) is 0 Å². The lowest BCUT2D eigenvalue weighted by Crippen LogP contribution is -1.79. The van der Waals surface area contributed by atoms with Crippen molar-refractivity contribution in [1.82, 2.24) is 4.98 Å². The van der Waals surface area contributed by atoms with Gasteiger partial charge in [-0.25, -0.2) is 4.98 Å². The summed E-state index contributed by atoms with van der Waals surface area (Å²) in [5.41, 5.74) is 6.75. The van der Waals surface area contributed by atoms with Crippen LogP contribution < -0.4 is 0 Å². The van der Waals surface area contributed by atoms with E-state index >= 15 is 0 Å². The summed E-state index contributed by atoms with van der Waals surface area (Å²) in [6, 6.07) is 37.3. The minimum atomic E-state index is 0.630. The highest BCUT2D eigenvalue weighted by Crippen LogP contribution is 2.26. The van der Waals surface area contributed by atoms with Crippen molar-refractivity contribution < 1.29 is 4.42 Å². The summed E-state index contributed by atoms with van der Waals surface area (Å²) in [6.45, 7) is 0. The van der Waals surface area contributed by atoms with Crippen molar-refractivity contribution in [1.29, 1.82) is 0 Å². The Morgan fingerprint density at radius 1 is 0.484 bits per heavy atom. The molecule has 0 aliphatic rings. The average molecular weight is 399 g/mol. The lowest BCUT2D eigenvalue weighted by molar-refractivity contribution is 0.589. The lowest BCUT2D eigenvalue weighted by Gasteiger charge is -2.02. The molecule has 0 unspecified atom stereocenters. The van der Waals surface area contributed by atoms with Crippen LogP contribution in [0, 0.1) is 0 Å². The van der Waals surface area contributed by atoms with Crippen molar-refractivity contribution in [3.63, 3.8) is 0 Å². The van der Waals surface area contributed by atoms with E-state index in [1.54, 1.807) is 6.20 Å². The van der Waals surface area contributed by atoms with Crippen molar-refractivity contribution in [2.75, 3.05) is 0 Å². The van der Waals surface area contributed by atoms with Gasteiger partial charge >= 0.3 is 0 Å². The van der Waals surface area contributed by atoms with Crippen LogP contribution in [0.2, 0.25) is 0 Å². The van der Waals surface area contributed by atoms with E-state index in [0.29, 0.717) is 5.89 Å². The Bertz CT molecular complexity index is 1280. The second-order valence-electron chi connectivity index (χ2n) is 7.34. The second-order valence-corrected chi connectivity index (χ2v) is 7.34. The van der Waals surface area contributed by atoms with E-state index in [2.05, 4.69) is 77.8 Å². The number of hydrogen-bond donors (Lipinski definition) is 0. The topological polar surface area (TPSA) is 26.0 Å². The Morgan fingerprint density at radius 2 is 0.968 bits per heavy atom. The second kappa shape index (κ2) is 8.68. The van der Waals surface area contributed by atoms with Gasteiger partial charge in [0.1, 0.15) is 0 Å². The van der Waals surface area contributed by atoms with Crippen molar-refractivity contribution in [2.24, 2.45) is 0 Å². The fraction of sp³-hybridized carbons (Fsp3) is 0. The van der Waals surface area contributed by atoms with E-state index < -0.39 is 0 Å². The van der Waals surface area contributed by atoms with Gasteiger partial charge in [0.25, 0.3) is 0 Å². The highest BCUT2D eigenvalue weighted by molar-refractivity contribution is 5.73. The molecule has 0 fully saturated rings. The molecule has 31 heavy (non-hydrogen) atoms. The fourth-order valence-electron chi connectivity index (χ4n) is 3.49. The first kappa shape index (κ1) is 18.8. The van der Waals surface area contributed by atoms with Gasteiger partial charge < -0.3 is 4.42 Å². The van der Waals surface area contributed by atoms with Gasteiger partial charge in [0.2, 0.25) is 5.89 Å². The van der Waals surface area contributed by atoms with Crippen LogP contribution in [0.25, 0.3) is 46.1 Å². The average Bonchev–Trinajstić information content (AvgIpc) is 3.35. The summed E-state index contributed by atoms with van der Waals surface area (Å²) < 4.78 is 5.94. The summed E-state index contributed by atoms with van der Waals surface area (Å²) in [7, 11) is 0. The minimum absolute atomic E-state index is 0.630. The fourth-order valence-corrected chi connectivity index (χ4v) is 3.49. The quantitative estimate of drug-likeness (QED) is 0.281. The number of aromatic nitrogens is 1. The van der Waals surface area contributed by atoms with Crippen LogP contribution >= 0.6 is 0 Å². The molecule has 0 aliphatic carbocycles. The summed E-state index contributed by atoms with van der Waals surface area (Å²) in [6.07, 6.45) is 6.02. The maximum Gasteiger partial charge on any atom is 0.226 e. The standard InChI is InChI=1S/C29H21NO/c1-3-7-24(8-4-1)25-17-13-22(14-18-25)11-12-23-15-19-27(20-16-23)29-30-21-28(31-29)26-9-5-2-6-10-26/h1-21H/b12-11+. The molecule has 0 aliphatic heterocycles. The molecule has 0 saturated heterocycles. The zero-order chi connectivity index (χ0) is 20.9. The molecule has 0 saturated carbocycles. The van der Waals surface area contributed by atoms with Gasteiger partial charge in [-0.05, 0) is 34.4 Å². The first-order chi connectivity index (χ1) is 15.3. The smallest absolute Gasteiger partial charge is 0.226 e. The molecule has 0 N–H and O–H groups in total. The van der Waals surface area contributed by atoms with E-state index in [9.17, 15) is 0 Å².